The first-order valence-corrected chi connectivity index (χ1v) is 9.34. The van der Waals surface area contributed by atoms with Crippen LogP contribution in [0, 0.1) is 0 Å². The third-order valence-corrected chi connectivity index (χ3v) is 3.82. The number of benzene rings is 2. The molecule has 0 bridgehead atoms. The molecule has 7 heteroatoms. The lowest BCUT2D eigenvalue weighted by Crippen LogP contribution is -2.42. The van der Waals surface area contributed by atoms with Gasteiger partial charge in [-0.1, -0.05) is 25.1 Å². The Morgan fingerprint density at radius 2 is 1.46 bits per heavy atom. The second-order valence-corrected chi connectivity index (χ2v) is 6.66. The van der Waals surface area contributed by atoms with Crippen molar-refractivity contribution in [3.8, 4) is 0 Å². The first kappa shape index (κ1) is 21.2. The van der Waals surface area contributed by atoms with Crippen molar-refractivity contribution in [3.05, 3.63) is 54.6 Å². The van der Waals surface area contributed by atoms with E-state index in [1.54, 1.807) is 29.2 Å². The molecular formula is C21H27N5O2. The normalized spacial score (nSPS) is 11.2. The number of nitrogens with one attached hydrogen (secondary N) is 2. The molecule has 2 N–H and O–H groups in total. The van der Waals surface area contributed by atoms with Crippen LogP contribution in [0.2, 0.25) is 0 Å². The van der Waals surface area contributed by atoms with Crippen LogP contribution in [-0.4, -0.2) is 42.4 Å². The quantitative estimate of drug-likeness (QED) is 0.646. The number of amides is 2. The molecule has 0 aromatic heterocycles. The van der Waals surface area contributed by atoms with Crippen LogP contribution < -0.4 is 10.6 Å². The second-order valence-electron chi connectivity index (χ2n) is 6.66. The van der Waals surface area contributed by atoms with Crippen molar-refractivity contribution in [2.45, 2.75) is 26.8 Å². The van der Waals surface area contributed by atoms with Crippen molar-refractivity contribution < 1.29 is 9.59 Å². The van der Waals surface area contributed by atoms with E-state index in [0.29, 0.717) is 17.9 Å². The van der Waals surface area contributed by atoms with E-state index in [4.69, 9.17) is 0 Å². The lowest BCUT2D eigenvalue weighted by Gasteiger charge is -2.20. The first-order chi connectivity index (χ1) is 13.5. The van der Waals surface area contributed by atoms with Crippen molar-refractivity contribution in [3.63, 3.8) is 0 Å². The standard InChI is InChI=1S/C21H27N5O2/c1-4-26(14-20(27)22-16(2)3)15-21(28)23-17-10-12-19(13-11-17)25-24-18-8-6-5-7-9-18/h5-13,16H,4,14-15H2,1-3H3,(H,22,27)(H,23,28). The number of nitrogens with zero attached hydrogens (tertiary/aromatic N) is 3. The summed E-state index contributed by atoms with van der Waals surface area (Å²) < 4.78 is 0. The Morgan fingerprint density at radius 1 is 0.893 bits per heavy atom. The summed E-state index contributed by atoms with van der Waals surface area (Å²) in [5.41, 5.74) is 2.15. The number of azo groups is 1. The lowest BCUT2D eigenvalue weighted by atomic mass is 10.3. The smallest absolute Gasteiger partial charge is 0.238 e. The van der Waals surface area contributed by atoms with E-state index in [-0.39, 0.29) is 30.9 Å². The monoisotopic (exact) mass is 381 g/mol. The van der Waals surface area contributed by atoms with E-state index < -0.39 is 0 Å². The number of anilines is 1. The minimum absolute atomic E-state index is 0.0811. The summed E-state index contributed by atoms with van der Waals surface area (Å²) in [5, 5.41) is 14.0. The minimum atomic E-state index is -0.169. The first-order valence-electron chi connectivity index (χ1n) is 9.34. The van der Waals surface area contributed by atoms with E-state index in [1.165, 1.54) is 0 Å². The summed E-state index contributed by atoms with van der Waals surface area (Å²) in [6.45, 7) is 6.69. The van der Waals surface area contributed by atoms with Crippen LogP contribution in [0.5, 0.6) is 0 Å². The Hall–Kier alpha value is -3.06. The molecule has 28 heavy (non-hydrogen) atoms. The summed E-state index contributed by atoms with van der Waals surface area (Å²) in [5.74, 6) is -0.254. The average molecular weight is 381 g/mol. The van der Waals surface area contributed by atoms with Gasteiger partial charge in [-0.3, -0.25) is 14.5 Å². The topological polar surface area (TPSA) is 86.2 Å². The second kappa shape index (κ2) is 10.9. The number of likely N-dealkylation sites (N-methyl/N-ethyl adjacent to an activating group) is 1. The zero-order valence-electron chi connectivity index (χ0n) is 16.6. The summed E-state index contributed by atoms with van der Waals surface area (Å²) >= 11 is 0. The highest BCUT2D eigenvalue weighted by Gasteiger charge is 2.13. The molecule has 0 saturated carbocycles. The predicted octanol–water partition coefficient (Wildman–Crippen LogP) is 3.89. The van der Waals surface area contributed by atoms with Gasteiger partial charge in [0.15, 0.2) is 0 Å². The van der Waals surface area contributed by atoms with Crippen LogP contribution in [0.1, 0.15) is 20.8 Å². The Labute approximate surface area is 165 Å². The van der Waals surface area contributed by atoms with Gasteiger partial charge in [-0.15, -0.1) is 0 Å². The van der Waals surface area contributed by atoms with Gasteiger partial charge in [0, 0.05) is 11.7 Å². The molecule has 2 aromatic carbocycles. The van der Waals surface area contributed by atoms with Crippen LogP contribution in [0.4, 0.5) is 17.1 Å². The van der Waals surface area contributed by atoms with Gasteiger partial charge in [-0.05, 0) is 56.8 Å². The molecule has 0 atom stereocenters. The maximum Gasteiger partial charge on any atom is 0.238 e. The zero-order chi connectivity index (χ0) is 20.4. The summed E-state index contributed by atoms with van der Waals surface area (Å²) in [7, 11) is 0. The van der Waals surface area contributed by atoms with Crippen LogP contribution in [0.25, 0.3) is 0 Å². The van der Waals surface area contributed by atoms with E-state index in [2.05, 4.69) is 20.9 Å². The molecule has 2 amide bonds. The van der Waals surface area contributed by atoms with E-state index in [1.807, 2.05) is 51.1 Å². The summed E-state index contributed by atoms with van der Waals surface area (Å²) in [6.07, 6.45) is 0. The minimum Gasteiger partial charge on any atom is -0.353 e. The van der Waals surface area contributed by atoms with Gasteiger partial charge in [0.2, 0.25) is 11.8 Å². The number of rotatable bonds is 9. The lowest BCUT2D eigenvalue weighted by molar-refractivity contribution is -0.123. The molecule has 0 unspecified atom stereocenters. The number of hydrogen-bond acceptors (Lipinski definition) is 5. The fourth-order valence-corrected chi connectivity index (χ4v) is 2.48. The molecule has 0 radical (unpaired) electrons. The predicted molar refractivity (Wildman–Crippen MR) is 111 cm³/mol. The highest BCUT2D eigenvalue weighted by molar-refractivity contribution is 5.92. The van der Waals surface area contributed by atoms with Gasteiger partial charge in [-0.25, -0.2) is 0 Å². The van der Waals surface area contributed by atoms with E-state index in [0.717, 1.165) is 5.69 Å². The summed E-state index contributed by atoms with van der Waals surface area (Å²) in [4.78, 5) is 25.9. The molecule has 0 aliphatic carbocycles. The van der Waals surface area contributed by atoms with Gasteiger partial charge in [0.25, 0.3) is 0 Å². The fraction of sp³-hybridized carbons (Fsp3) is 0.333. The Morgan fingerprint density at radius 3 is 2.04 bits per heavy atom. The highest BCUT2D eigenvalue weighted by atomic mass is 16.2. The van der Waals surface area contributed by atoms with Crippen LogP contribution in [0.3, 0.4) is 0 Å². The SMILES string of the molecule is CCN(CC(=O)Nc1ccc(N=Nc2ccccc2)cc1)CC(=O)NC(C)C. The molecule has 2 aromatic rings. The third-order valence-electron chi connectivity index (χ3n) is 3.82. The zero-order valence-corrected chi connectivity index (χ0v) is 16.6. The Kier molecular flexibility index (Phi) is 8.30. The van der Waals surface area contributed by atoms with Crippen molar-refractivity contribution >= 4 is 28.9 Å². The Balaban J connectivity index is 1.86. The Bertz CT molecular complexity index is 788. The maximum absolute atomic E-state index is 12.3. The van der Waals surface area contributed by atoms with Crippen molar-refractivity contribution in [2.24, 2.45) is 10.2 Å². The van der Waals surface area contributed by atoms with Gasteiger partial charge in [0.05, 0.1) is 24.5 Å². The molecule has 0 fully saturated rings. The molecular weight excluding hydrogens is 354 g/mol. The van der Waals surface area contributed by atoms with E-state index >= 15 is 0 Å². The molecule has 2 rings (SSSR count). The van der Waals surface area contributed by atoms with Gasteiger partial charge >= 0.3 is 0 Å². The fourth-order valence-electron chi connectivity index (χ4n) is 2.48. The number of carbonyl (C=O) groups excluding carboxylic acids is 2. The molecule has 0 aliphatic heterocycles. The molecule has 7 nitrogen and oxygen atoms in total. The molecule has 0 aliphatic rings. The molecule has 148 valence electrons. The van der Waals surface area contributed by atoms with Crippen molar-refractivity contribution in [1.29, 1.82) is 0 Å². The van der Waals surface area contributed by atoms with Gasteiger partial charge in [-0.2, -0.15) is 10.2 Å². The van der Waals surface area contributed by atoms with Crippen LogP contribution in [-0.2, 0) is 9.59 Å². The van der Waals surface area contributed by atoms with E-state index in [9.17, 15) is 9.59 Å². The van der Waals surface area contributed by atoms with Crippen molar-refractivity contribution in [2.75, 3.05) is 25.0 Å². The maximum atomic E-state index is 12.3. The number of hydrogen-bond donors (Lipinski definition) is 2. The summed E-state index contributed by atoms with van der Waals surface area (Å²) in [6, 6.07) is 16.7. The third kappa shape index (κ3) is 7.67. The van der Waals surface area contributed by atoms with Gasteiger partial charge in [0.1, 0.15) is 0 Å². The van der Waals surface area contributed by atoms with Gasteiger partial charge < -0.3 is 10.6 Å². The highest BCUT2D eigenvalue weighted by Crippen LogP contribution is 2.20. The molecule has 0 spiro atoms. The molecule has 0 saturated heterocycles. The molecule has 0 heterocycles. The van der Waals surface area contributed by atoms with Crippen molar-refractivity contribution in [1.82, 2.24) is 10.2 Å². The van der Waals surface area contributed by atoms with Crippen LogP contribution >= 0.6 is 0 Å². The largest absolute Gasteiger partial charge is 0.353 e. The number of carbonyl (C=O) groups is 2. The van der Waals surface area contributed by atoms with Crippen LogP contribution in [0.15, 0.2) is 64.8 Å². The average Bonchev–Trinajstić information content (AvgIpc) is 2.67.